The molecule has 108 valence electrons. The van der Waals surface area contributed by atoms with Crippen molar-refractivity contribution >= 4 is 10.0 Å². The zero-order valence-corrected chi connectivity index (χ0v) is 12.4. The van der Waals surface area contributed by atoms with E-state index in [1.807, 2.05) is 25.1 Å². The fourth-order valence-electron chi connectivity index (χ4n) is 2.47. The van der Waals surface area contributed by atoms with Crippen LogP contribution in [0, 0.1) is 18.3 Å². The van der Waals surface area contributed by atoms with Crippen molar-refractivity contribution in [1.29, 1.82) is 5.26 Å². The van der Waals surface area contributed by atoms with Gasteiger partial charge in [0.2, 0.25) is 10.0 Å². The minimum atomic E-state index is -3.23. The van der Waals surface area contributed by atoms with Crippen molar-refractivity contribution in [2.45, 2.75) is 32.1 Å². The summed E-state index contributed by atoms with van der Waals surface area (Å²) >= 11 is 0. The van der Waals surface area contributed by atoms with Crippen molar-refractivity contribution in [2.24, 2.45) is 0 Å². The first-order chi connectivity index (χ1) is 9.53. The number of hydrogen-bond acceptors (Lipinski definition) is 4. The Morgan fingerprint density at radius 2 is 2.35 bits per heavy atom. The van der Waals surface area contributed by atoms with Crippen molar-refractivity contribution in [1.82, 2.24) is 9.29 Å². The second-order valence-corrected chi connectivity index (χ2v) is 7.27. The third kappa shape index (κ3) is 3.56. The van der Waals surface area contributed by atoms with Crippen LogP contribution in [0.15, 0.2) is 18.3 Å². The molecule has 6 heteroatoms. The minimum Gasteiger partial charge on any atom is -0.261 e. The largest absolute Gasteiger partial charge is 0.261 e. The summed E-state index contributed by atoms with van der Waals surface area (Å²) < 4.78 is 25.8. The van der Waals surface area contributed by atoms with Gasteiger partial charge in [-0.05, 0) is 37.5 Å². The molecule has 1 aromatic heterocycles. The molecule has 1 fully saturated rings. The lowest BCUT2D eigenvalue weighted by Gasteiger charge is -2.16. The second kappa shape index (κ2) is 6.33. The van der Waals surface area contributed by atoms with Gasteiger partial charge in [0.25, 0.3) is 0 Å². The summed E-state index contributed by atoms with van der Waals surface area (Å²) in [7, 11) is -3.23. The SMILES string of the molecule is Cc1ccnc([C@H]2CCN(S(=O)(=O)CCCC#N)C2)c1. The van der Waals surface area contributed by atoms with E-state index in [1.165, 1.54) is 0 Å². The summed E-state index contributed by atoms with van der Waals surface area (Å²) in [6.07, 6.45) is 3.28. The lowest BCUT2D eigenvalue weighted by molar-refractivity contribution is 0.471. The van der Waals surface area contributed by atoms with Crippen LogP contribution >= 0.6 is 0 Å². The Balaban J connectivity index is 2.00. The number of unbranched alkanes of at least 4 members (excludes halogenated alkanes) is 1. The summed E-state index contributed by atoms with van der Waals surface area (Å²) in [6.45, 7) is 3.07. The Labute approximate surface area is 120 Å². The fraction of sp³-hybridized carbons (Fsp3) is 0.571. The molecule has 20 heavy (non-hydrogen) atoms. The maximum absolute atomic E-state index is 12.1. The Morgan fingerprint density at radius 3 is 3.05 bits per heavy atom. The lowest BCUT2D eigenvalue weighted by Crippen LogP contribution is -2.30. The predicted molar refractivity (Wildman–Crippen MR) is 76.5 cm³/mol. The number of hydrogen-bond donors (Lipinski definition) is 0. The molecule has 0 aromatic carbocycles. The van der Waals surface area contributed by atoms with Crippen molar-refractivity contribution < 1.29 is 8.42 Å². The van der Waals surface area contributed by atoms with Crippen LogP contribution < -0.4 is 0 Å². The van der Waals surface area contributed by atoms with E-state index in [-0.39, 0.29) is 18.1 Å². The van der Waals surface area contributed by atoms with Gasteiger partial charge in [-0.15, -0.1) is 0 Å². The minimum absolute atomic E-state index is 0.0640. The summed E-state index contributed by atoms with van der Waals surface area (Å²) in [5.74, 6) is 0.245. The third-order valence-electron chi connectivity index (χ3n) is 3.59. The van der Waals surface area contributed by atoms with Crippen LogP contribution in [0.2, 0.25) is 0 Å². The van der Waals surface area contributed by atoms with Crippen LogP contribution in [0.3, 0.4) is 0 Å². The Hall–Kier alpha value is -1.45. The first-order valence-corrected chi connectivity index (χ1v) is 8.41. The molecule has 0 radical (unpaired) electrons. The number of nitriles is 1. The molecule has 0 bridgehead atoms. The smallest absolute Gasteiger partial charge is 0.214 e. The van der Waals surface area contributed by atoms with Crippen LogP contribution in [-0.4, -0.2) is 36.5 Å². The Morgan fingerprint density at radius 1 is 1.55 bits per heavy atom. The van der Waals surface area contributed by atoms with E-state index < -0.39 is 10.0 Å². The van der Waals surface area contributed by atoms with Crippen LogP contribution in [0.5, 0.6) is 0 Å². The van der Waals surface area contributed by atoms with Gasteiger partial charge >= 0.3 is 0 Å². The zero-order chi connectivity index (χ0) is 14.6. The monoisotopic (exact) mass is 293 g/mol. The van der Waals surface area contributed by atoms with Gasteiger partial charge in [0.05, 0.1) is 11.8 Å². The molecule has 5 nitrogen and oxygen atoms in total. The first-order valence-electron chi connectivity index (χ1n) is 6.80. The number of aromatic nitrogens is 1. The van der Waals surface area contributed by atoms with E-state index in [1.54, 1.807) is 10.5 Å². The summed E-state index contributed by atoms with van der Waals surface area (Å²) in [6, 6.07) is 5.94. The molecule has 0 aliphatic carbocycles. The van der Waals surface area contributed by atoms with Gasteiger partial charge in [-0.1, -0.05) is 0 Å². The van der Waals surface area contributed by atoms with Gasteiger partial charge < -0.3 is 0 Å². The Kier molecular flexibility index (Phi) is 4.73. The van der Waals surface area contributed by atoms with Crippen LogP contribution in [-0.2, 0) is 10.0 Å². The van der Waals surface area contributed by atoms with Crippen molar-refractivity contribution in [3.63, 3.8) is 0 Å². The van der Waals surface area contributed by atoms with E-state index in [2.05, 4.69) is 4.98 Å². The third-order valence-corrected chi connectivity index (χ3v) is 5.51. The molecule has 0 amide bonds. The van der Waals surface area contributed by atoms with Gasteiger partial charge in [0.15, 0.2) is 0 Å². The van der Waals surface area contributed by atoms with Gasteiger partial charge in [-0.2, -0.15) is 5.26 Å². The number of sulfonamides is 1. The second-order valence-electron chi connectivity index (χ2n) is 5.18. The number of nitrogens with zero attached hydrogens (tertiary/aromatic N) is 3. The van der Waals surface area contributed by atoms with Gasteiger partial charge in [0, 0.05) is 37.3 Å². The number of rotatable bonds is 5. The summed E-state index contributed by atoms with van der Waals surface area (Å²) in [4.78, 5) is 4.35. The normalized spacial score (nSPS) is 19.9. The van der Waals surface area contributed by atoms with Crippen LogP contribution in [0.4, 0.5) is 0 Å². The molecule has 2 rings (SSSR count). The maximum atomic E-state index is 12.1. The van der Waals surface area contributed by atoms with Crippen LogP contribution in [0.25, 0.3) is 0 Å². The highest BCUT2D eigenvalue weighted by Gasteiger charge is 2.32. The van der Waals surface area contributed by atoms with Gasteiger partial charge in [-0.3, -0.25) is 4.98 Å². The highest BCUT2D eigenvalue weighted by molar-refractivity contribution is 7.89. The molecule has 1 saturated heterocycles. The molecular formula is C14H19N3O2S. The highest BCUT2D eigenvalue weighted by atomic mass is 32.2. The molecule has 1 atom stereocenters. The van der Waals surface area contributed by atoms with Crippen LogP contribution in [0.1, 0.15) is 36.4 Å². The molecule has 0 saturated carbocycles. The topological polar surface area (TPSA) is 74.1 Å². The predicted octanol–water partition coefficient (Wildman–Crippen LogP) is 1.81. The fourth-order valence-corrected chi connectivity index (χ4v) is 4.03. The van der Waals surface area contributed by atoms with Crippen molar-refractivity contribution in [3.05, 3.63) is 29.6 Å². The van der Waals surface area contributed by atoms with E-state index in [0.717, 1.165) is 17.7 Å². The van der Waals surface area contributed by atoms with E-state index in [4.69, 9.17) is 5.26 Å². The average Bonchev–Trinajstić information content (AvgIpc) is 2.89. The zero-order valence-electron chi connectivity index (χ0n) is 11.6. The van der Waals surface area contributed by atoms with Crippen molar-refractivity contribution in [2.75, 3.05) is 18.8 Å². The number of aryl methyl sites for hydroxylation is 1. The first kappa shape index (κ1) is 14.9. The average molecular weight is 293 g/mol. The Bertz CT molecular complexity index is 607. The van der Waals surface area contributed by atoms with Crippen molar-refractivity contribution in [3.8, 4) is 6.07 Å². The maximum Gasteiger partial charge on any atom is 0.214 e. The van der Waals surface area contributed by atoms with Gasteiger partial charge in [0.1, 0.15) is 0 Å². The van der Waals surface area contributed by atoms with E-state index in [9.17, 15) is 8.42 Å². The quantitative estimate of drug-likeness (QED) is 0.776. The van der Waals surface area contributed by atoms with E-state index >= 15 is 0 Å². The molecule has 1 aromatic rings. The molecule has 1 aliphatic rings. The number of pyridine rings is 1. The molecular weight excluding hydrogens is 274 g/mol. The summed E-state index contributed by atoms with van der Waals surface area (Å²) in [5, 5.41) is 8.48. The molecule has 1 aliphatic heterocycles. The molecule has 0 N–H and O–H groups in total. The molecule has 0 spiro atoms. The molecule has 0 unspecified atom stereocenters. The lowest BCUT2D eigenvalue weighted by atomic mass is 10.0. The molecule has 2 heterocycles. The standard InChI is InChI=1S/C14H19N3O2S/c1-12-4-7-16-14(10-12)13-5-8-17(11-13)20(18,19)9-3-2-6-15/h4,7,10,13H,2-3,5,8-9,11H2,1H3/t13-/m0/s1. The van der Waals surface area contributed by atoms with E-state index in [0.29, 0.717) is 19.5 Å². The summed E-state index contributed by atoms with van der Waals surface area (Å²) in [5.41, 5.74) is 2.12. The van der Waals surface area contributed by atoms with Gasteiger partial charge in [-0.25, -0.2) is 12.7 Å². The highest BCUT2D eigenvalue weighted by Crippen LogP contribution is 2.28.